The molecule has 1 aromatic carbocycles. The number of aromatic nitrogens is 1. The molecule has 0 radical (unpaired) electrons. The summed E-state index contributed by atoms with van der Waals surface area (Å²) in [6, 6.07) is 7.48. The van der Waals surface area contributed by atoms with Crippen LogP contribution in [0.4, 0.5) is 0 Å². The lowest BCUT2D eigenvalue weighted by molar-refractivity contribution is -0.144. The molecule has 1 aromatic heterocycles. The number of carbonyl (C=O) groups excluding carboxylic acids is 2. The molecule has 2 atom stereocenters. The first-order valence-corrected chi connectivity index (χ1v) is 14.6. The monoisotopic (exact) mass is 561 g/mol. The van der Waals surface area contributed by atoms with Crippen molar-refractivity contribution in [3.63, 3.8) is 0 Å². The SMILES string of the molecule is C=CC1=C(/C=C\C)C(=O)N(C(C(=O)N2CCCC2C(=NCc2ccc(-c3scnc3C)cc2)NOC)C(C)C)C1. The van der Waals surface area contributed by atoms with Crippen LogP contribution in [0, 0.1) is 12.8 Å². The van der Waals surface area contributed by atoms with Gasteiger partial charge in [0.2, 0.25) is 5.91 Å². The van der Waals surface area contributed by atoms with E-state index in [1.807, 2.05) is 44.2 Å². The second kappa shape index (κ2) is 13.2. The molecule has 2 unspecified atom stereocenters. The van der Waals surface area contributed by atoms with E-state index in [9.17, 15) is 9.59 Å². The molecule has 2 aliphatic rings. The van der Waals surface area contributed by atoms with Crippen LogP contribution in [-0.2, 0) is 21.0 Å². The summed E-state index contributed by atoms with van der Waals surface area (Å²) < 4.78 is 0. The Bertz CT molecular complexity index is 1320. The average Bonchev–Trinajstić information content (AvgIpc) is 3.67. The summed E-state index contributed by atoms with van der Waals surface area (Å²) in [6.45, 7) is 13.2. The molecule has 0 aliphatic carbocycles. The van der Waals surface area contributed by atoms with Crippen LogP contribution >= 0.6 is 11.3 Å². The quantitative estimate of drug-likeness (QED) is 0.248. The molecule has 2 aromatic rings. The molecule has 4 rings (SSSR count). The molecule has 1 saturated heterocycles. The summed E-state index contributed by atoms with van der Waals surface area (Å²) in [6.07, 6.45) is 6.98. The number of likely N-dealkylation sites (tertiary alicyclic amines) is 1. The molecule has 2 amide bonds. The Hall–Kier alpha value is -3.56. The van der Waals surface area contributed by atoms with Crippen LogP contribution in [0.1, 0.15) is 44.9 Å². The normalized spacial score (nSPS) is 18.9. The van der Waals surface area contributed by atoms with Gasteiger partial charge in [0.15, 0.2) is 0 Å². The zero-order valence-electron chi connectivity index (χ0n) is 24.0. The number of nitrogens with zero attached hydrogens (tertiary/aromatic N) is 4. The number of hydrogen-bond donors (Lipinski definition) is 1. The fourth-order valence-electron chi connectivity index (χ4n) is 5.47. The van der Waals surface area contributed by atoms with Gasteiger partial charge in [-0.25, -0.2) is 4.98 Å². The Morgan fingerprint density at radius 3 is 2.67 bits per heavy atom. The van der Waals surface area contributed by atoms with E-state index in [0.717, 1.165) is 35.2 Å². The molecule has 3 heterocycles. The number of amidine groups is 1. The minimum Gasteiger partial charge on any atom is -0.331 e. The highest BCUT2D eigenvalue weighted by Crippen LogP contribution is 2.30. The number of benzene rings is 1. The van der Waals surface area contributed by atoms with Gasteiger partial charge in [-0.15, -0.1) is 11.3 Å². The molecule has 8 nitrogen and oxygen atoms in total. The Morgan fingerprint density at radius 2 is 2.08 bits per heavy atom. The van der Waals surface area contributed by atoms with Gasteiger partial charge in [0.05, 0.1) is 35.8 Å². The van der Waals surface area contributed by atoms with Crippen LogP contribution in [0.5, 0.6) is 0 Å². The number of nitrogens with one attached hydrogen (secondary N) is 1. The zero-order valence-corrected chi connectivity index (χ0v) is 24.8. The molecule has 2 aliphatic heterocycles. The maximum atomic E-state index is 14.1. The Labute approximate surface area is 241 Å². The Balaban J connectivity index is 1.53. The largest absolute Gasteiger partial charge is 0.331 e. The fourth-order valence-corrected chi connectivity index (χ4v) is 6.28. The summed E-state index contributed by atoms with van der Waals surface area (Å²) in [7, 11) is 1.55. The number of aliphatic imine (C=N–C) groups is 1. The Kier molecular flexibility index (Phi) is 9.71. The number of thiazole rings is 1. The van der Waals surface area contributed by atoms with Crippen molar-refractivity contribution < 1.29 is 14.4 Å². The summed E-state index contributed by atoms with van der Waals surface area (Å²) in [5, 5.41) is 0. The summed E-state index contributed by atoms with van der Waals surface area (Å²) >= 11 is 1.63. The van der Waals surface area contributed by atoms with Crippen molar-refractivity contribution in [2.75, 3.05) is 20.2 Å². The van der Waals surface area contributed by atoms with Crippen LogP contribution in [0.2, 0.25) is 0 Å². The van der Waals surface area contributed by atoms with Gasteiger partial charge in [-0.05, 0) is 49.3 Å². The average molecular weight is 562 g/mol. The van der Waals surface area contributed by atoms with Gasteiger partial charge >= 0.3 is 0 Å². The third-order valence-corrected chi connectivity index (χ3v) is 8.41. The third kappa shape index (κ3) is 6.10. The van der Waals surface area contributed by atoms with Gasteiger partial charge in [-0.1, -0.05) is 62.9 Å². The molecule has 9 heteroatoms. The zero-order chi connectivity index (χ0) is 28.8. The van der Waals surface area contributed by atoms with E-state index in [0.29, 0.717) is 31.0 Å². The topological polar surface area (TPSA) is 87.1 Å². The van der Waals surface area contributed by atoms with E-state index < -0.39 is 6.04 Å². The standard InChI is InChI=1S/C31H39N5O3S/c1-7-10-25-23(8-2)18-36(30(25)37)27(20(3)4)31(38)35-16-9-11-26(35)29(34-39-6)32-17-22-12-14-24(15-13-22)28-21(5)33-19-40-28/h7-8,10,12-15,19-20,26-27H,2,9,11,16-18H2,1,3-6H3,(H,32,34)/b10-7-. The second-order valence-corrected chi connectivity index (χ2v) is 11.3. The van der Waals surface area contributed by atoms with Gasteiger partial charge in [0.1, 0.15) is 11.9 Å². The highest BCUT2D eigenvalue weighted by molar-refractivity contribution is 7.13. The van der Waals surface area contributed by atoms with Crippen molar-refractivity contribution >= 4 is 29.0 Å². The van der Waals surface area contributed by atoms with Crippen LogP contribution in [-0.4, -0.2) is 64.7 Å². The van der Waals surface area contributed by atoms with Crippen molar-refractivity contribution in [3.8, 4) is 10.4 Å². The maximum Gasteiger partial charge on any atom is 0.255 e. The molecule has 1 N–H and O–H groups in total. The number of amides is 2. The number of hydrogen-bond acceptors (Lipinski definition) is 6. The lowest BCUT2D eigenvalue weighted by Crippen LogP contribution is -2.56. The number of aryl methyl sites for hydroxylation is 1. The smallest absolute Gasteiger partial charge is 0.255 e. The van der Waals surface area contributed by atoms with Gasteiger partial charge in [0.25, 0.3) is 5.91 Å². The highest BCUT2D eigenvalue weighted by atomic mass is 32.1. The van der Waals surface area contributed by atoms with Crippen molar-refractivity contribution in [1.29, 1.82) is 0 Å². The molecule has 0 bridgehead atoms. The Morgan fingerprint density at radius 1 is 1.32 bits per heavy atom. The summed E-state index contributed by atoms with van der Waals surface area (Å²) in [5.41, 5.74) is 9.48. The predicted octanol–water partition coefficient (Wildman–Crippen LogP) is 5.08. The van der Waals surface area contributed by atoms with E-state index in [2.05, 4.69) is 41.3 Å². The number of carbonyl (C=O) groups is 2. The van der Waals surface area contributed by atoms with Gasteiger partial charge in [-0.3, -0.25) is 24.9 Å². The molecule has 0 saturated carbocycles. The summed E-state index contributed by atoms with van der Waals surface area (Å²) in [5.74, 6) is 0.359. The van der Waals surface area contributed by atoms with Crippen molar-refractivity contribution in [2.24, 2.45) is 10.9 Å². The fraction of sp³-hybridized carbons (Fsp3) is 0.419. The van der Waals surface area contributed by atoms with E-state index in [4.69, 9.17) is 9.83 Å². The highest BCUT2D eigenvalue weighted by Gasteiger charge is 2.43. The van der Waals surface area contributed by atoms with E-state index in [1.54, 1.807) is 35.5 Å². The molecule has 0 spiro atoms. The maximum absolute atomic E-state index is 14.1. The van der Waals surface area contributed by atoms with Crippen LogP contribution in [0.3, 0.4) is 0 Å². The predicted molar refractivity (Wildman–Crippen MR) is 161 cm³/mol. The summed E-state index contributed by atoms with van der Waals surface area (Å²) in [4.78, 5) is 46.7. The molecule has 40 heavy (non-hydrogen) atoms. The van der Waals surface area contributed by atoms with Crippen LogP contribution < -0.4 is 5.48 Å². The first-order valence-electron chi connectivity index (χ1n) is 13.7. The van der Waals surface area contributed by atoms with Gasteiger partial charge in [0, 0.05) is 18.7 Å². The van der Waals surface area contributed by atoms with Gasteiger partial charge < -0.3 is 9.80 Å². The molecule has 212 valence electrons. The van der Waals surface area contributed by atoms with Gasteiger partial charge in [-0.2, -0.15) is 0 Å². The minimum absolute atomic E-state index is 0.0640. The van der Waals surface area contributed by atoms with E-state index >= 15 is 0 Å². The third-order valence-electron chi connectivity index (χ3n) is 7.43. The van der Waals surface area contributed by atoms with E-state index in [-0.39, 0.29) is 23.8 Å². The first-order chi connectivity index (χ1) is 19.3. The van der Waals surface area contributed by atoms with Crippen molar-refractivity contribution in [2.45, 2.75) is 59.2 Å². The molecule has 1 fully saturated rings. The lowest BCUT2D eigenvalue weighted by Gasteiger charge is -2.36. The molecular weight excluding hydrogens is 522 g/mol. The number of allylic oxidation sites excluding steroid dienone is 1. The second-order valence-electron chi connectivity index (χ2n) is 10.4. The van der Waals surface area contributed by atoms with Crippen molar-refractivity contribution in [3.05, 3.63) is 77.0 Å². The van der Waals surface area contributed by atoms with Crippen molar-refractivity contribution in [1.82, 2.24) is 20.3 Å². The minimum atomic E-state index is -0.586. The van der Waals surface area contributed by atoms with Crippen LogP contribution in [0.15, 0.2) is 70.7 Å². The first kappa shape index (κ1) is 29.4. The van der Waals surface area contributed by atoms with Crippen LogP contribution in [0.25, 0.3) is 10.4 Å². The number of hydroxylamine groups is 1. The van der Waals surface area contributed by atoms with E-state index in [1.165, 1.54) is 4.88 Å². The lowest BCUT2D eigenvalue weighted by atomic mass is 10.00. The number of rotatable bonds is 10. The molecular formula is C31H39N5O3S.